The number of benzene rings is 1. The van der Waals surface area contributed by atoms with Gasteiger partial charge in [0.25, 0.3) is 0 Å². The van der Waals surface area contributed by atoms with Gasteiger partial charge in [-0.2, -0.15) is 5.10 Å². The molecule has 0 saturated carbocycles. The molecule has 7 heteroatoms. The lowest BCUT2D eigenvalue weighted by molar-refractivity contribution is 0.271. The van der Waals surface area contributed by atoms with Crippen molar-refractivity contribution in [1.29, 1.82) is 0 Å². The number of aliphatic imine (C=N–C) groups is 1. The Labute approximate surface area is 143 Å². The average molecular weight is 330 g/mol. The topological polar surface area (TPSA) is 76.4 Å². The number of ether oxygens (including phenoxy) is 1. The summed E-state index contributed by atoms with van der Waals surface area (Å²) in [6, 6.07) is 8.09. The fourth-order valence-electron chi connectivity index (χ4n) is 2.06. The van der Waals surface area contributed by atoms with E-state index in [1.54, 1.807) is 11.7 Å². The first-order valence-electron chi connectivity index (χ1n) is 8.07. The molecule has 0 unspecified atom stereocenters. The van der Waals surface area contributed by atoms with E-state index in [9.17, 15) is 0 Å². The molecule has 1 aromatic carbocycles. The molecular formula is C17H26N6O. The molecule has 1 aromatic heterocycles. The van der Waals surface area contributed by atoms with Crippen molar-refractivity contribution < 1.29 is 4.74 Å². The third kappa shape index (κ3) is 5.57. The Morgan fingerprint density at radius 2 is 2.08 bits per heavy atom. The molecule has 0 amide bonds. The van der Waals surface area contributed by atoms with Crippen LogP contribution in [0.3, 0.4) is 0 Å². The maximum Gasteiger partial charge on any atom is 0.191 e. The van der Waals surface area contributed by atoms with Gasteiger partial charge in [0, 0.05) is 20.6 Å². The van der Waals surface area contributed by atoms with Crippen LogP contribution in [0.15, 0.2) is 35.6 Å². The molecule has 24 heavy (non-hydrogen) atoms. The largest absolute Gasteiger partial charge is 0.493 e. The summed E-state index contributed by atoms with van der Waals surface area (Å²) in [6.45, 7) is 6.22. The Hall–Kier alpha value is -2.57. The average Bonchev–Trinajstić information content (AvgIpc) is 2.98. The zero-order valence-electron chi connectivity index (χ0n) is 14.8. The second-order valence-electron chi connectivity index (χ2n) is 5.93. The number of aryl methyl sites for hydroxylation is 1. The van der Waals surface area contributed by atoms with Crippen molar-refractivity contribution in [2.75, 3.05) is 13.7 Å². The fourth-order valence-corrected chi connectivity index (χ4v) is 2.06. The van der Waals surface area contributed by atoms with Crippen molar-refractivity contribution in [3.05, 3.63) is 42.0 Å². The molecule has 0 aliphatic carbocycles. The summed E-state index contributed by atoms with van der Waals surface area (Å²) < 4.78 is 7.49. The van der Waals surface area contributed by atoms with Crippen LogP contribution in [0, 0.1) is 5.92 Å². The van der Waals surface area contributed by atoms with Gasteiger partial charge in [0.2, 0.25) is 0 Å². The second-order valence-corrected chi connectivity index (χ2v) is 5.93. The van der Waals surface area contributed by atoms with E-state index in [4.69, 9.17) is 4.74 Å². The smallest absolute Gasteiger partial charge is 0.191 e. The zero-order chi connectivity index (χ0) is 17.4. The number of guanidine groups is 1. The highest BCUT2D eigenvalue weighted by Gasteiger charge is 2.04. The van der Waals surface area contributed by atoms with Crippen molar-refractivity contribution in [2.24, 2.45) is 18.0 Å². The molecule has 0 aliphatic rings. The summed E-state index contributed by atoms with van der Waals surface area (Å²) >= 11 is 0. The van der Waals surface area contributed by atoms with E-state index in [0.29, 0.717) is 25.0 Å². The first-order chi connectivity index (χ1) is 11.6. The van der Waals surface area contributed by atoms with Crippen LogP contribution in [0.4, 0.5) is 0 Å². The lowest BCUT2D eigenvalue weighted by Crippen LogP contribution is -2.36. The van der Waals surface area contributed by atoms with E-state index in [1.807, 2.05) is 25.2 Å². The van der Waals surface area contributed by atoms with Crippen LogP contribution in [0.5, 0.6) is 5.75 Å². The maximum atomic E-state index is 5.76. The Morgan fingerprint density at radius 3 is 2.75 bits per heavy atom. The number of hydrogen-bond acceptors (Lipinski definition) is 4. The van der Waals surface area contributed by atoms with Gasteiger partial charge in [-0.05, 0) is 23.6 Å². The fraction of sp³-hybridized carbons (Fsp3) is 0.471. The van der Waals surface area contributed by atoms with Crippen LogP contribution >= 0.6 is 0 Å². The van der Waals surface area contributed by atoms with Gasteiger partial charge >= 0.3 is 0 Å². The number of nitrogens with one attached hydrogen (secondary N) is 2. The first kappa shape index (κ1) is 17.8. The molecular weight excluding hydrogens is 304 g/mol. The van der Waals surface area contributed by atoms with E-state index < -0.39 is 0 Å². The molecule has 0 bridgehead atoms. The monoisotopic (exact) mass is 330 g/mol. The van der Waals surface area contributed by atoms with Crippen molar-refractivity contribution >= 4 is 5.96 Å². The number of rotatable bonds is 7. The summed E-state index contributed by atoms with van der Waals surface area (Å²) in [5, 5.41) is 10.6. The van der Waals surface area contributed by atoms with E-state index >= 15 is 0 Å². The highest BCUT2D eigenvalue weighted by atomic mass is 16.5. The zero-order valence-corrected chi connectivity index (χ0v) is 14.8. The van der Waals surface area contributed by atoms with Crippen LogP contribution < -0.4 is 15.4 Å². The van der Waals surface area contributed by atoms with Gasteiger partial charge in [-0.3, -0.25) is 9.67 Å². The van der Waals surface area contributed by atoms with Crippen LogP contribution in [-0.4, -0.2) is 34.4 Å². The molecule has 2 N–H and O–H groups in total. The van der Waals surface area contributed by atoms with Crippen LogP contribution in [-0.2, 0) is 20.1 Å². The number of aromatic nitrogens is 3. The van der Waals surface area contributed by atoms with Gasteiger partial charge in [0.05, 0.1) is 13.2 Å². The summed E-state index contributed by atoms with van der Waals surface area (Å²) in [4.78, 5) is 8.40. The Bertz CT molecular complexity index is 665. The van der Waals surface area contributed by atoms with Gasteiger partial charge in [0.15, 0.2) is 5.96 Å². The summed E-state index contributed by atoms with van der Waals surface area (Å²) in [5.41, 5.74) is 1.14. The maximum absolute atomic E-state index is 5.76. The van der Waals surface area contributed by atoms with E-state index in [1.165, 1.54) is 6.33 Å². The molecule has 0 atom stereocenters. The van der Waals surface area contributed by atoms with Crippen molar-refractivity contribution in [3.63, 3.8) is 0 Å². The molecule has 1 heterocycles. The third-order valence-corrected chi connectivity index (χ3v) is 3.38. The van der Waals surface area contributed by atoms with Crippen LogP contribution in [0.2, 0.25) is 0 Å². The minimum absolute atomic E-state index is 0.510. The van der Waals surface area contributed by atoms with Gasteiger partial charge in [-0.25, -0.2) is 4.98 Å². The van der Waals surface area contributed by atoms with Crippen molar-refractivity contribution in [2.45, 2.75) is 26.9 Å². The van der Waals surface area contributed by atoms with Crippen LogP contribution in [0.1, 0.15) is 25.2 Å². The van der Waals surface area contributed by atoms with Crippen molar-refractivity contribution in [3.8, 4) is 5.75 Å². The van der Waals surface area contributed by atoms with Gasteiger partial charge < -0.3 is 15.4 Å². The quantitative estimate of drug-likeness (QED) is 0.597. The highest BCUT2D eigenvalue weighted by molar-refractivity contribution is 5.79. The predicted molar refractivity (Wildman–Crippen MR) is 94.8 cm³/mol. The molecule has 0 aliphatic heterocycles. The molecule has 0 saturated heterocycles. The normalized spacial score (nSPS) is 11.6. The Kier molecular flexibility index (Phi) is 6.60. The Morgan fingerprint density at radius 1 is 1.29 bits per heavy atom. The van der Waals surface area contributed by atoms with E-state index in [0.717, 1.165) is 23.7 Å². The summed E-state index contributed by atoms with van der Waals surface area (Å²) in [7, 11) is 3.61. The summed E-state index contributed by atoms with van der Waals surface area (Å²) in [5.74, 6) is 2.97. The van der Waals surface area contributed by atoms with E-state index in [-0.39, 0.29) is 0 Å². The predicted octanol–water partition coefficient (Wildman–Crippen LogP) is 1.72. The van der Waals surface area contributed by atoms with Gasteiger partial charge in [0.1, 0.15) is 17.9 Å². The van der Waals surface area contributed by atoms with E-state index in [2.05, 4.69) is 45.6 Å². The standard InChI is InChI=1S/C17H26N6O/c1-13(2)11-24-15-7-5-6-14(8-15)9-19-17(18-3)20-10-16-21-12-22-23(16)4/h5-8,12-13H,9-11H2,1-4H3,(H2,18,19,20). The Balaban J connectivity index is 1.84. The molecule has 0 radical (unpaired) electrons. The SMILES string of the molecule is CN=C(NCc1cccc(OCC(C)C)c1)NCc1ncnn1C. The lowest BCUT2D eigenvalue weighted by atomic mass is 10.2. The first-order valence-corrected chi connectivity index (χ1v) is 8.07. The molecule has 130 valence electrons. The minimum atomic E-state index is 0.510. The highest BCUT2D eigenvalue weighted by Crippen LogP contribution is 2.14. The lowest BCUT2D eigenvalue weighted by Gasteiger charge is -2.13. The number of nitrogens with zero attached hydrogens (tertiary/aromatic N) is 4. The van der Waals surface area contributed by atoms with Crippen molar-refractivity contribution in [1.82, 2.24) is 25.4 Å². The molecule has 7 nitrogen and oxygen atoms in total. The molecule has 2 aromatic rings. The molecule has 0 fully saturated rings. The van der Waals surface area contributed by atoms with Gasteiger partial charge in [-0.15, -0.1) is 0 Å². The summed E-state index contributed by atoms with van der Waals surface area (Å²) in [6.07, 6.45) is 1.54. The van der Waals surface area contributed by atoms with Gasteiger partial charge in [-0.1, -0.05) is 26.0 Å². The third-order valence-electron chi connectivity index (χ3n) is 3.38. The van der Waals surface area contributed by atoms with Crippen LogP contribution in [0.25, 0.3) is 0 Å². The molecule has 2 rings (SSSR count). The molecule has 0 spiro atoms. The minimum Gasteiger partial charge on any atom is -0.493 e. The second kappa shape index (κ2) is 8.90. The number of hydrogen-bond donors (Lipinski definition) is 2.